The standard InChI is InChI=1S/C15H24N2O3/c1-11(2)9-17-15(19)6-7-16-10-12-4-5-13(20-3)8-14(12)18/h4-5,8,11,16,18H,6-7,9-10H2,1-3H3,(H,17,19). The number of ether oxygens (including phenoxy) is 1. The molecule has 1 amide bonds. The molecule has 3 N–H and O–H groups in total. The number of amides is 1. The van der Waals surface area contributed by atoms with Crippen molar-refractivity contribution in [3.63, 3.8) is 0 Å². The lowest BCUT2D eigenvalue weighted by Gasteiger charge is -2.09. The second-order valence-corrected chi connectivity index (χ2v) is 5.12. The van der Waals surface area contributed by atoms with Crippen molar-refractivity contribution in [3.05, 3.63) is 23.8 Å². The molecule has 0 atom stereocenters. The van der Waals surface area contributed by atoms with Gasteiger partial charge in [-0.05, 0) is 12.0 Å². The summed E-state index contributed by atoms with van der Waals surface area (Å²) in [5.41, 5.74) is 0.786. The van der Waals surface area contributed by atoms with E-state index in [1.165, 1.54) is 0 Å². The number of methoxy groups -OCH3 is 1. The molecule has 0 fully saturated rings. The molecule has 0 saturated heterocycles. The molecule has 0 spiro atoms. The topological polar surface area (TPSA) is 70.6 Å². The van der Waals surface area contributed by atoms with Crippen LogP contribution in [-0.2, 0) is 11.3 Å². The molecule has 0 bridgehead atoms. The van der Waals surface area contributed by atoms with Crippen LogP contribution in [0.1, 0.15) is 25.8 Å². The van der Waals surface area contributed by atoms with Gasteiger partial charge in [-0.2, -0.15) is 0 Å². The third kappa shape index (κ3) is 5.93. The van der Waals surface area contributed by atoms with Crippen LogP contribution in [0.5, 0.6) is 11.5 Å². The summed E-state index contributed by atoms with van der Waals surface area (Å²) in [5, 5.41) is 15.8. The maximum absolute atomic E-state index is 11.5. The third-order valence-electron chi connectivity index (χ3n) is 2.84. The summed E-state index contributed by atoms with van der Waals surface area (Å²) in [6.07, 6.45) is 0.434. The number of hydrogen-bond donors (Lipinski definition) is 3. The van der Waals surface area contributed by atoms with Crippen LogP contribution in [-0.4, -0.2) is 31.2 Å². The highest BCUT2D eigenvalue weighted by molar-refractivity contribution is 5.76. The fourth-order valence-electron chi connectivity index (χ4n) is 1.65. The fraction of sp³-hybridized carbons (Fsp3) is 0.533. The average Bonchev–Trinajstić information content (AvgIpc) is 2.42. The first-order chi connectivity index (χ1) is 9.52. The average molecular weight is 280 g/mol. The Balaban J connectivity index is 2.26. The minimum atomic E-state index is 0.0464. The van der Waals surface area contributed by atoms with Gasteiger partial charge in [-0.25, -0.2) is 0 Å². The van der Waals surface area contributed by atoms with Crippen molar-refractivity contribution >= 4 is 5.91 Å². The molecule has 0 unspecified atom stereocenters. The Bertz CT molecular complexity index is 433. The summed E-state index contributed by atoms with van der Waals surface area (Å²) in [4.78, 5) is 11.5. The lowest BCUT2D eigenvalue weighted by molar-refractivity contribution is -0.121. The van der Waals surface area contributed by atoms with Gasteiger partial charge in [0.25, 0.3) is 0 Å². The van der Waals surface area contributed by atoms with Crippen LogP contribution >= 0.6 is 0 Å². The van der Waals surface area contributed by atoms with E-state index < -0.39 is 0 Å². The molecule has 0 aromatic heterocycles. The Morgan fingerprint density at radius 1 is 1.40 bits per heavy atom. The van der Waals surface area contributed by atoms with E-state index in [9.17, 15) is 9.90 Å². The van der Waals surface area contributed by atoms with Gasteiger partial charge in [-0.15, -0.1) is 0 Å². The van der Waals surface area contributed by atoms with Gasteiger partial charge in [0.05, 0.1) is 7.11 Å². The summed E-state index contributed by atoms with van der Waals surface area (Å²) in [6.45, 7) is 5.93. The zero-order chi connectivity index (χ0) is 15.0. The maximum Gasteiger partial charge on any atom is 0.221 e. The first-order valence-corrected chi connectivity index (χ1v) is 6.86. The van der Waals surface area contributed by atoms with Crippen LogP contribution in [0.4, 0.5) is 0 Å². The number of carbonyl (C=O) groups is 1. The minimum Gasteiger partial charge on any atom is -0.507 e. The van der Waals surface area contributed by atoms with Crippen molar-refractivity contribution in [2.75, 3.05) is 20.2 Å². The number of aromatic hydroxyl groups is 1. The largest absolute Gasteiger partial charge is 0.507 e. The molecule has 1 aromatic carbocycles. The number of hydrogen-bond acceptors (Lipinski definition) is 4. The van der Waals surface area contributed by atoms with Crippen LogP contribution in [0.15, 0.2) is 18.2 Å². The number of rotatable bonds is 8. The van der Waals surface area contributed by atoms with Crippen LogP contribution < -0.4 is 15.4 Å². The molecule has 0 heterocycles. The van der Waals surface area contributed by atoms with Crippen molar-refractivity contribution in [2.45, 2.75) is 26.8 Å². The monoisotopic (exact) mass is 280 g/mol. The number of phenolic OH excluding ortho intramolecular Hbond substituents is 1. The first-order valence-electron chi connectivity index (χ1n) is 6.86. The highest BCUT2D eigenvalue weighted by Crippen LogP contribution is 2.22. The van der Waals surface area contributed by atoms with Gasteiger partial charge in [0.1, 0.15) is 11.5 Å². The zero-order valence-corrected chi connectivity index (χ0v) is 12.4. The predicted octanol–water partition coefficient (Wildman–Crippen LogP) is 1.65. The third-order valence-corrected chi connectivity index (χ3v) is 2.84. The van der Waals surface area contributed by atoms with E-state index in [1.807, 2.05) is 0 Å². The Kier molecular flexibility index (Phi) is 6.87. The normalized spacial score (nSPS) is 10.6. The summed E-state index contributed by atoms with van der Waals surface area (Å²) in [5.74, 6) is 1.33. The number of benzene rings is 1. The van der Waals surface area contributed by atoms with E-state index in [0.717, 1.165) is 5.56 Å². The fourth-order valence-corrected chi connectivity index (χ4v) is 1.65. The smallest absolute Gasteiger partial charge is 0.221 e. The van der Waals surface area contributed by atoms with Gasteiger partial charge in [0.15, 0.2) is 0 Å². The summed E-state index contributed by atoms with van der Waals surface area (Å²) in [7, 11) is 1.56. The highest BCUT2D eigenvalue weighted by Gasteiger charge is 2.04. The van der Waals surface area contributed by atoms with Gasteiger partial charge in [-0.1, -0.05) is 19.9 Å². The van der Waals surface area contributed by atoms with E-state index in [1.54, 1.807) is 25.3 Å². The minimum absolute atomic E-state index is 0.0464. The number of nitrogens with one attached hydrogen (secondary N) is 2. The van der Waals surface area contributed by atoms with Gasteiger partial charge in [0, 0.05) is 37.7 Å². The summed E-state index contributed by atoms with van der Waals surface area (Å²) < 4.78 is 5.02. The maximum atomic E-state index is 11.5. The van der Waals surface area contributed by atoms with Crippen LogP contribution in [0, 0.1) is 5.92 Å². The van der Waals surface area contributed by atoms with E-state index in [4.69, 9.17) is 4.74 Å². The summed E-state index contributed by atoms with van der Waals surface area (Å²) >= 11 is 0. The molecule has 1 aromatic rings. The molecule has 20 heavy (non-hydrogen) atoms. The Labute approximate surface area is 120 Å². The molecule has 0 aliphatic carbocycles. The van der Waals surface area contributed by atoms with E-state index >= 15 is 0 Å². The lowest BCUT2D eigenvalue weighted by atomic mass is 10.2. The van der Waals surface area contributed by atoms with Crippen LogP contribution in [0.3, 0.4) is 0 Å². The molecular formula is C15H24N2O3. The Hall–Kier alpha value is -1.75. The SMILES string of the molecule is COc1ccc(CNCCC(=O)NCC(C)C)c(O)c1. The second-order valence-electron chi connectivity index (χ2n) is 5.12. The van der Waals surface area contributed by atoms with E-state index in [2.05, 4.69) is 24.5 Å². The van der Waals surface area contributed by atoms with Crippen molar-refractivity contribution < 1.29 is 14.6 Å². The highest BCUT2D eigenvalue weighted by atomic mass is 16.5. The molecule has 1 rings (SSSR count). The van der Waals surface area contributed by atoms with Gasteiger partial charge in [-0.3, -0.25) is 4.79 Å². The molecule has 112 valence electrons. The van der Waals surface area contributed by atoms with Crippen LogP contribution in [0.25, 0.3) is 0 Å². The molecule has 5 heteroatoms. The predicted molar refractivity (Wildman–Crippen MR) is 78.8 cm³/mol. The van der Waals surface area contributed by atoms with Gasteiger partial charge in [0.2, 0.25) is 5.91 Å². The Morgan fingerprint density at radius 2 is 2.15 bits per heavy atom. The van der Waals surface area contributed by atoms with Gasteiger partial charge >= 0.3 is 0 Å². The molecule has 0 saturated carbocycles. The zero-order valence-electron chi connectivity index (χ0n) is 12.4. The van der Waals surface area contributed by atoms with E-state index in [-0.39, 0.29) is 11.7 Å². The lowest BCUT2D eigenvalue weighted by Crippen LogP contribution is -2.30. The molecule has 5 nitrogen and oxygen atoms in total. The quantitative estimate of drug-likeness (QED) is 0.633. The Morgan fingerprint density at radius 3 is 2.75 bits per heavy atom. The first kappa shape index (κ1) is 16.3. The number of phenols is 1. The summed E-state index contributed by atoms with van der Waals surface area (Å²) in [6, 6.07) is 5.18. The second kappa shape index (κ2) is 8.43. The van der Waals surface area contributed by atoms with Crippen molar-refractivity contribution in [1.29, 1.82) is 0 Å². The molecule has 0 aliphatic rings. The van der Waals surface area contributed by atoms with Crippen molar-refractivity contribution in [3.8, 4) is 11.5 Å². The molecular weight excluding hydrogens is 256 g/mol. The van der Waals surface area contributed by atoms with E-state index in [0.29, 0.717) is 37.7 Å². The van der Waals surface area contributed by atoms with Gasteiger partial charge < -0.3 is 20.5 Å². The van der Waals surface area contributed by atoms with Crippen molar-refractivity contribution in [2.24, 2.45) is 5.92 Å². The van der Waals surface area contributed by atoms with Crippen molar-refractivity contribution in [1.82, 2.24) is 10.6 Å². The molecule has 0 aliphatic heterocycles. The number of carbonyl (C=O) groups excluding carboxylic acids is 1. The molecule has 0 radical (unpaired) electrons. The van der Waals surface area contributed by atoms with Crippen LogP contribution in [0.2, 0.25) is 0 Å².